The van der Waals surface area contributed by atoms with Gasteiger partial charge in [0.2, 0.25) is 0 Å². The summed E-state index contributed by atoms with van der Waals surface area (Å²) in [4.78, 5) is 0. The lowest BCUT2D eigenvalue weighted by Crippen LogP contribution is -2.59. The van der Waals surface area contributed by atoms with Crippen molar-refractivity contribution in [3.05, 3.63) is 35.4 Å². The third-order valence-electron chi connectivity index (χ3n) is 4.19. The van der Waals surface area contributed by atoms with Crippen molar-refractivity contribution in [2.45, 2.75) is 31.5 Å². The average Bonchev–Trinajstić information content (AvgIpc) is 2.13. The molecular formula is C13H14F3N. The van der Waals surface area contributed by atoms with E-state index in [0.717, 1.165) is 12.1 Å². The van der Waals surface area contributed by atoms with Gasteiger partial charge in [-0.15, -0.1) is 0 Å². The quantitative estimate of drug-likeness (QED) is 0.793. The molecule has 1 N–H and O–H groups in total. The lowest BCUT2D eigenvalue weighted by atomic mass is 9.58. The van der Waals surface area contributed by atoms with Gasteiger partial charge in [0.15, 0.2) is 0 Å². The van der Waals surface area contributed by atoms with Crippen LogP contribution >= 0.6 is 0 Å². The van der Waals surface area contributed by atoms with Crippen molar-refractivity contribution in [2.24, 2.45) is 5.41 Å². The van der Waals surface area contributed by atoms with Gasteiger partial charge in [-0.2, -0.15) is 13.2 Å². The molecule has 1 nitrogen and oxygen atoms in total. The highest BCUT2D eigenvalue weighted by Gasteiger charge is 2.51. The maximum atomic E-state index is 12.4. The van der Waals surface area contributed by atoms with E-state index in [1.54, 1.807) is 12.1 Å². The topological polar surface area (TPSA) is 12.0 Å². The van der Waals surface area contributed by atoms with Crippen molar-refractivity contribution in [3.63, 3.8) is 0 Å². The van der Waals surface area contributed by atoms with E-state index in [2.05, 4.69) is 5.32 Å². The van der Waals surface area contributed by atoms with Gasteiger partial charge in [0.25, 0.3) is 0 Å². The third-order valence-corrected chi connectivity index (χ3v) is 4.19. The number of nitrogens with one attached hydrogen (secondary N) is 1. The van der Waals surface area contributed by atoms with Crippen LogP contribution in [0.1, 0.15) is 36.4 Å². The molecule has 3 rings (SSSR count). The lowest BCUT2D eigenvalue weighted by Gasteiger charge is -2.57. The second-order valence-corrected chi connectivity index (χ2v) is 5.15. The van der Waals surface area contributed by atoms with Crippen LogP contribution in [-0.2, 0) is 6.18 Å². The largest absolute Gasteiger partial charge is 0.416 e. The molecule has 0 amide bonds. The first-order valence-electron chi connectivity index (χ1n) is 5.92. The molecule has 1 aliphatic carbocycles. The molecule has 1 saturated heterocycles. The standard InChI is InChI=1S/C13H14F3N/c14-13(15,16)10-4-2-9(3-5-10)11-12(8-17-11)6-1-7-12/h2-5,11,17H,1,6-8H2. The van der Waals surface area contributed by atoms with E-state index in [-0.39, 0.29) is 6.04 Å². The molecule has 2 fully saturated rings. The maximum Gasteiger partial charge on any atom is 0.416 e. The van der Waals surface area contributed by atoms with Crippen LogP contribution in [0.15, 0.2) is 24.3 Å². The van der Waals surface area contributed by atoms with E-state index in [1.807, 2.05) is 0 Å². The molecule has 1 atom stereocenters. The highest BCUT2D eigenvalue weighted by atomic mass is 19.4. The molecule has 4 heteroatoms. The van der Waals surface area contributed by atoms with Gasteiger partial charge in [-0.05, 0) is 30.5 Å². The molecule has 1 aromatic carbocycles. The van der Waals surface area contributed by atoms with Crippen LogP contribution in [0.25, 0.3) is 0 Å². The minimum atomic E-state index is -4.24. The van der Waals surface area contributed by atoms with Gasteiger partial charge in [0, 0.05) is 18.0 Å². The molecule has 0 radical (unpaired) electrons. The third kappa shape index (κ3) is 1.66. The first kappa shape index (κ1) is 11.1. The van der Waals surface area contributed by atoms with Crippen molar-refractivity contribution in [1.29, 1.82) is 0 Å². The molecule has 1 aliphatic heterocycles. The van der Waals surface area contributed by atoms with Crippen LogP contribution in [-0.4, -0.2) is 6.54 Å². The number of alkyl halides is 3. The predicted molar refractivity (Wildman–Crippen MR) is 58.5 cm³/mol. The summed E-state index contributed by atoms with van der Waals surface area (Å²) in [5.74, 6) is 0. The fourth-order valence-electron chi connectivity index (χ4n) is 2.93. The molecule has 0 aromatic heterocycles. The van der Waals surface area contributed by atoms with Crippen LogP contribution in [0.4, 0.5) is 13.2 Å². The number of hydrogen-bond donors (Lipinski definition) is 1. The van der Waals surface area contributed by atoms with Gasteiger partial charge in [0.05, 0.1) is 5.56 Å². The van der Waals surface area contributed by atoms with Crippen molar-refractivity contribution < 1.29 is 13.2 Å². The summed E-state index contributed by atoms with van der Waals surface area (Å²) in [6, 6.07) is 5.85. The van der Waals surface area contributed by atoms with Crippen LogP contribution in [0.2, 0.25) is 0 Å². The van der Waals surface area contributed by atoms with Crippen LogP contribution in [0.5, 0.6) is 0 Å². The highest BCUT2D eigenvalue weighted by Crippen LogP contribution is 2.55. The fourth-order valence-corrected chi connectivity index (χ4v) is 2.93. The van der Waals surface area contributed by atoms with E-state index in [1.165, 1.54) is 31.4 Å². The van der Waals surface area contributed by atoms with E-state index in [0.29, 0.717) is 5.41 Å². The van der Waals surface area contributed by atoms with Gasteiger partial charge in [-0.1, -0.05) is 18.6 Å². The van der Waals surface area contributed by atoms with Crippen molar-refractivity contribution in [2.75, 3.05) is 6.54 Å². The summed E-state index contributed by atoms with van der Waals surface area (Å²) in [6.45, 7) is 1.01. The Kier molecular flexibility index (Phi) is 2.27. The van der Waals surface area contributed by atoms with Gasteiger partial charge >= 0.3 is 6.18 Å². The molecule has 17 heavy (non-hydrogen) atoms. The first-order valence-corrected chi connectivity index (χ1v) is 5.92. The molecule has 0 bridgehead atoms. The van der Waals surface area contributed by atoms with Gasteiger partial charge in [-0.25, -0.2) is 0 Å². The van der Waals surface area contributed by atoms with Gasteiger partial charge in [0.1, 0.15) is 0 Å². The van der Waals surface area contributed by atoms with Crippen LogP contribution in [0.3, 0.4) is 0 Å². The smallest absolute Gasteiger partial charge is 0.309 e. The Morgan fingerprint density at radius 2 is 1.76 bits per heavy atom. The SMILES string of the molecule is FC(F)(F)c1ccc(C2NCC23CCC3)cc1. The van der Waals surface area contributed by atoms with E-state index in [9.17, 15) is 13.2 Å². The lowest BCUT2D eigenvalue weighted by molar-refractivity contribution is -0.137. The summed E-state index contributed by atoms with van der Waals surface area (Å²) in [7, 11) is 0. The summed E-state index contributed by atoms with van der Waals surface area (Å²) in [6.07, 6.45) is -0.587. The molecule has 1 aromatic rings. The summed E-state index contributed by atoms with van der Waals surface area (Å²) < 4.78 is 37.3. The molecule has 1 spiro atoms. The van der Waals surface area contributed by atoms with Crippen LogP contribution in [0, 0.1) is 5.41 Å². The normalized spacial score (nSPS) is 26.4. The molecule has 92 valence electrons. The Labute approximate surface area is 98.0 Å². The van der Waals surface area contributed by atoms with E-state index >= 15 is 0 Å². The average molecular weight is 241 g/mol. The summed E-state index contributed by atoms with van der Waals surface area (Å²) in [5.41, 5.74) is 0.770. The predicted octanol–water partition coefficient (Wildman–Crippen LogP) is 3.52. The van der Waals surface area contributed by atoms with Crippen molar-refractivity contribution in [1.82, 2.24) is 5.32 Å². The Hall–Kier alpha value is -1.03. The Morgan fingerprint density at radius 3 is 2.12 bits per heavy atom. The second kappa shape index (κ2) is 3.48. The number of hydrogen-bond acceptors (Lipinski definition) is 1. The monoisotopic (exact) mass is 241 g/mol. The minimum Gasteiger partial charge on any atom is -0.309 e. The number of benzene rings is 1. The zero-order chi connectivity index (χ0) is 12.1. The zero-order valence-corrected chi connectivity index (χ0v) is 9.35. The summed E-state index contributed by atoms with van der Waals surface area (Å²) >= 11 is 0. The molecule has 1 saturated carbocycles. The van der Waals surface area contributed by atoms with Crippen molar-refractivity contribution in [3.8, 4) is 0 Å². The number of rotatable bonds is 1. The van der Waals surface area contributed by atoms with E-state index < -0.39 is 11.7 Å². The molecule has 1 unspecified atom stereocenters. The van der Waals surface area contributed by atoms with Crippen LogP contribution < -0.4 is 5.32 Å². The second-order valence-electron chi connectivity index (χ2n) is 5.15. The fraction of sp³-hybridized carbons (Fsp3) is 0.538. The summed E-state index contributed by atoms with van der Waals surface area (Å²) in [5, 5.41) is 3.33. The molecule has 1 heterocycles. The molecular weight excluding hydrogens is 227 g/mol. The van der Waals surface area contributed by atoms with E-state index in [4.69, 9.17) is 0 Å². The first-order chi connectivity index (χ1) is 8.01. The Bertz CT molecular complexity index is 412. The zero-order valence-electron chi connectivity index (χ0n) is 9.35. The maximum absolute atomic E-state index is 12.4. The van der Waals surface area contributed by atoms with Gasteiger partial charge < -0.3 is 5.32 Å². The van der Waals surface area contributed by atoms with Crippen molar-refractivity contribution >= 4 is 0 Å². The Balaban J connectivity index is 1.81. The highest BCUT2D eigenvalue weighted by molar-refractivity contribution is 5.31. The number of halogens is 3. The minimum absolute atomic E-state index is 0.263. The molecule has 2 aliphatic rings. The Morgan fingerprint density at radius 1 is 1.12 bits per heavy atom. The van der Waals surface area contributed by atoms with Gasteiger partial charge in [-0.3, -0.25) is 0 Å².